The Labute approximate surface area is 212 Å². The number of anilines is 3. The molecular weight excluding hydrogens is 475 g/mol. The molecular formula is C28H23FN4O4. The summed E-state index contributed by atoms with van der Waals surface area (Å²) >= 11 is 0. The van der Waals surface area contributed by atoms with E-state index in [-0.39, 0.29) is 17.0 Å². The van der Waals surface area contributed by atoms with Crippen LogP contribution in [0.5, 0.6) is 5.75 Å². The zero-order chi connectivity index (χ0) is 26.4. The molecule has 0 saturated heterocycles. The van der Waals surface area contributed by atoms with Crippen molar-refractivity contribution in [3.63, 3.8) is 0 Å². The van der Waals surface area contributed by atoms with Gasteiger partial charge in [0.1, 0.15) is 11.6 Å². The van der Waals surface area contributed by atoms with Crippen molar-refractivity contribution < 1.29 is 23.5 Å². The molecule has 186 valence electrons. The Kier molecular flexibility index (Phi) is 7.53. The van der Waals surface area contributed by atoms with E-state index in [9.17, 15) is 18.8 Å². The number of amides is 3. The predicted molar refractivity (Wildman–Crippen MR) is 139 cm³/mol. The fourth-order valence-electron chi connectivity index (χ4n) is 3.50. The lowest BCUT2D eigenvalue weighted by atomic mass is 10.1. The van der Waals surface area contributed by atoms with Crippen LogP contribution >= 0.6 is 0 Å². The first-order valence-corrected chi connectivity index (χ1v) is 11.2. The third-order valence-corrected chi connectivity index (χ3v) is 5.50. The molecule has 3 N–H and O–H groups in total. The van der Waals surface area contributed by atoms with Crippen LogP contribution < -0.4 is 20.7 Å². The van der Waals surface area contributed by atoms with Gasteiger partial charge in [-0.25, -0.2) is 4.39 Å². The molecule has 3 aromatic carbocycles. The number of benzene rings is 3. The maximum atomic E-state index is 14.0. The average Bonchev–Trinajstić information content (AvgIpc) is 2.91. The Balaban J connectivity index is 1.48. The van der Waals surface area contributed by atoms with Crippen LogP contribution in [0.15, 0.2) is 85.2 Å². The van der Waals surface area contributed by atoms with E-state index in [4.69, 9.17) is 4.74 Å². The maximum absolute atomic E-state index is 14.0. The summed E-state index contributed by atoms with van der Waals surface area (Å²) in [7, 11) is 1.45. The number of methoxy groups -OCH3 is 1. The van der Waals surface area contributed by atoms with Crippen LogP contribution in [0.1, 0.15) is 36.6 Å². The molecule has 0 spiro atoms. The summed E-state index contributed by atoms with van der Waals surface area (Å²) in [6, 6.07) is 18.6. The zero-order valence-electron chi connectivity index (χ0n) is 20.0. The van der Waals surface area contributed by atoms with Crippen molar-refractivity contribution in [2.45, 2.75) is 6.92 Å². The molecule has 0 bridgehead atoms. The van der Waals surface area contributed by atoms with Crippen molar-refractivity contribution in [3.05, 3.63) is 113 Å². The van der Waals surface area contributed by atoms with Crippen LogP contribution in [0.25, 0.3) is 0 Å². The average molecular weight is 499 g/mol. The van der Waals surface area contributed by atoms with Gasteiger partial charge in [0.2, 0.25) is 0 Å². The summed E-state index contributed by atoms with van der Waals surface area (Å²) < 4.78 is 19.4. The monoisotopic (exact) mass is 498 g/mol. The summed E-state index contributed by atoms with van der Waals surface area (Å²) in [4.78, 5) is 41.8. The van der Waals surface area contributed by atoms with Crippen molar-refractivity contribution in [1.29, 1.82) is 0 Å². The van der Waals surface area contributed by atoms with E-state index < -0.39 is 17.6 Å². The van der Waals surface area contributed by atoms with E-state index >= 15 is 0 Å². The molecule has 0 aliphatic carbocycles. The molecule has 1 aromatic heterocycles. The number of aromatic nitrogens is 1. The third kappa shape index (κ3) is 5.96. The molecule has 0 aliphatic heterocycles. The minimum absolute atomic E-state index is 0.0976. The normalized spacial score (nSPS) is 10.4. The van der Waals surface area contributed by atoms with Gasteiger partial charge in [-0.05, 0) is 61.0 Å². The second-order valence-corrected chi connectivity index (χ2v) is 8.03. The van der Waals surface area contributed by atoms with Gasteiger partial charge in [0.05, 0.1) is 23.9 Å². The number of nitrogens with zero attached hydrogens (tertiary/aromatic N) is 1. The minimum Gasteiger partial charge on any atom is -0.494 e. The highest BCUT2D eigenvalue weighted by molar-refractivity contribution is 6.08. The first-order valence-electron chi connectivity index (χ1n) is 11.2. The first kappa shape index (κ1) is 25.1. The van der Waals surface area contributed by atoms with Crippen LogP contribution in [0, 0.1) is 12.7 Å². The standard InChI is InChI=1S/C28H23FN4O4/c1-17-9-10-18(14-24(17)33-28(36)21-7-3-4-8-22(21)29)26(34)31-20-11-12-23(25(15-20)37-2)32-27(35)19-6-5-13-30-16-19/h3-16H,1-2H3,(H,31,34)(H,32,35)(H,33,36). The Morgan fingerprint density at radius 1 is 0.784 bits per heavy atom. The molecule has 8 nitrogen and oxygen atoms in total. The molecule has 0 atom stereocenters. The lowest BCUT2D eigenvalue weighted by molar-refractivity contribution is 0.101. The molecule has 0 fully saturated rings. The van der Waals surface area contributed by atoms with Gasteiger partial charge in [-0.3, -0.25) is 19.4 Å². The molecule has 0 aliphatic rings. The fourth-order valence-corrected chi connectivity index (χ4v) is 3.50. The maximum Gasteiger partial charge on any atom is 0.258 e. The molecule has 0 radical (unpaired) electrons. The van der Waals surface area contributed by atoms with Gasteiger partial charge in [-0.15, -0.1) is 0 Å². The summed E-state index contributed by atoms with van der Waals surface area (Å²) in [5, 5.41) is 8.19. The number of aryl methyl sites for hydroxylation is 1. The van der Waals surface area contributed by atoms with E-state index in [2.05, 4.69) is 20.9 Å². The van der Waals surface area contributed by atoms with Gasteiger partial charge in [0, 0.05) is 35.4 Å². The van der Waals surface area contributed by atoms with E-state index in [1.807, 2.05) is 0 Å². The van der Waals surface area contributed by atoms with Crippen molar-refractivity contribution in [3.8, 4) is 5.75 Å². The molecule has 9 heteroatoms. The molecule has 0 saturated carbocycles. The SMILES string of the molecule is COc1cc(NC(=O)c2ccc(C)c(NC(=O)c3ccccc3F)c2)ccc1NC(=O)c1cccnc1. The summed E-state index contributed by atoms with van der Waals surface area (Å²) in [5.41, 5.74) is 2.51. The van der Waals surface area contributed by atoms with E-state index in [0.29, 0.717) is 33.9 Å². The number of carbonyl (C=O) groups is 3. The Morgan fingerprint density at radius 2 is 1.54 bits per heavy atom. The van der Waals surface area contributed by atoms with E-state index in [1.54, 1.807) is 61.7 Å². The molecule has 0 unspecified atom stereocenters. The van der Waals surface area contributed by atoms with Crippen LogP contribution in [0.2, 0.25) is 0 Å². The zero-order valence-corrected chi connectivity index (χ0v) is 20.0. The Morgan fingerprint density at radius 3 is 2.27 bits per heavy atom. The summed E-state index contributed by atoms with van der Waals surface area (Å²) in [5.74, 6) is -1.70. The van der Waals surface area contributed by atoms with Crippen molar-refractivity contribution >= 4 is 34.8 Å². The topological polar surface area (TPSA) is 109 Å². The first-order chi connectivity index (χ1) is 17.9. The molecule has 4 aromatic rings. The lowest BCUT2D eigenvalue weighted by Gasteiger charge is -2.14. The fraction of sp³-hybridized carbons (Fsp3) is 0.0714. The number of nitrogens with one attached hydrogen (secondary N) is 3. The number of ether oxygens (including phenoxy) is 1. The van der Waals surface area contributed by atoms with Crippen molar-refractivity contribution in [2.24, 2.45) is 0 Å². The van der Waals surface area contributed by atoms with E-state index in [0.717, 1.165) is 0 Å². The minimum atomic E-state index is -0.638. The second kappa shape index (κ2) is 11.1. The number of rotatable bonds is 7. The van der Waals surface area contributed by atoms with Crippen LogP contribution in [-0.2, 0) is 0 Å². The highest BCUT2D eigenvalue weighted by atomic mass is 19.1. The third-order valence-electron chi connectivity index (χ3n) is 5.50. The van der Waals surface area contributed by atoms with Gasteiger partial charge in [-0.1, -0.05) is 18.2 Å². The van der Waals surface area contributed by atoms with Gasteiger partial charge in [0.15, 0.2) is 0 Å². The number of hydrogen-bond donors (Lipinski definition) is 3. The summed E-state index contributed by atoms with van der Waals surface area (Å²) in [6.07, 6.45) is 3.02. The van der Waals surface area contributed by atoms with Gasteiger partial charge in [0.25, 0.3) is 17.7 Å². The van der Waals surface area contributed by atoms with Crippen molar-refractivity contribution in [1.82, 2.24) is 4.98 Å². The second-order valence-electron chi connectivity index (χ2n) is 8.03. The van der Waals surface area contributed by atoms with Gasteiger partial charge < -0.3 is 20.7 Å². The van der Waals surface area contributed by atoms with Crippen LogP contribution in [0.3, 0.4) is 0 Å². The highest BCUT2D eigenvalue weighted by Crippen LogP contribution is 2.29. The number of hydrogen-bond acceptors (Lipinski definition) is 5. The molecule has 3 amide bonds. The quantitative estimate of drug-likeness (QED) is 0.321. The molecule has 37 heavy (non-hydrogen) atoms. The van der Waals surface area contributed by atoms with Crippen molar-refractivity contribution in [2.75, 3.05) is 23.1 Å². The highest BCUT2D eigenvalue weighted by Gasteiger charge is 2.16. The summed E-state index contributed by atoms with van der Waals surface area (Å²) in [6.45, 7) is 1.77. The van der Waals surface area contributed by atoms with Gasteiger partial charge >= 0.3 is 0 Å². The smallest absolute Gasteiger partial charge is 0.258 e. The number of pyridine rings is 1. The largest absolute Gasteiger partial charge is 0.494 e. The van der Waals surface area contributed by atoms with Crippen LogP contribution in [0.4, 0.5) is 21.5 Å². The lowest BCUT2D eigenvalue weighted by Crippen LogP contribution is -2.16. The Hall–Kier alpha value is -5.05. The Bertz CT molecular complexity index is 1470. The molecule has 4 rings (SSSR count). The van der Waals surface area contributed by atoms with Crippen LogP contribution in [-0.4, -0.2) is 29.8 Å². The molecule has 1 heterocycles. The van der Waals surface area contributed by atoms with Gasteiger partial charge in [-0.2, -0.15) is 0 Å². The van der Waals surface area contributed by atoms with E-state index in [1.165, 1.54) is 37.6 Å². The number of halogens is 1. The predicted octanol–water partition coefficient (Wildman–Crippen LogP) is 5.29. The number of carbonyl (C=O) groups excluding carboxylic acids is 3.